The number of rotatable bonds is 4. The Morgan fingerprint density at radius 3 is 2.55 bits per heavy atom. The molecule has 0 unspecified atom stereocenters. The average molecular weight is 310 g/mol. The lowest BCUT2D eigenvalue weighted by Gasteiger charge is -2.12. The largest absolute Gasteiger partial charge is 0.416 e. The van der Waals surface area contributed by atoms with E-state index in [9.17, 15) is 18.0 Å². The molecule has 1 aromatic heterocycles. The summed E-state index contributed by atoms with van der Waals surface area (Å²) in [4.78, 5) is 19.3. The van der Waals surface area contributed by atoms with Gasteiger partial charge < -0.3 is 11.1 Å². The molecule has 0 saturated heterocycles. The summed E-state index contributed by atoms with van der Waals surface area (Å²) in [5, 5.41) is 2.48. The molecule has 116 valence electrons. The van der Waals surface area contributed by atoms with Crippen molar-refractivity contribution in [3.05, 3.63) is 53.5 Å². The number of carbonyl (C=O) groups is 1. The Balaban J connectivity index is 2.01. The van der Waals surface area contributed by atoms with Crippen LogP contribution < -0.4 is 11.1 Å². The number of alkyl halides is 3. The Hall–Kier alpha value is -2.64. The topological polar surface area (TPSA) is 80.9 Å². The number of halogens is 3. The van der Waals surface area contributed by atoms with E-state index in [0.717, 1.165) is 6.07 Å². The summed E-state index contributed by atoms with van der Waals surface area (Å²) >= 11 is 0. The number of nitrogens with zero attached hydrogens (tertiary/aromatic N) is 2. The quantitative estimate of drug-likeness (QED) is 0.905. The van der Waals surface area contributed by atoms with E-state index in [1.807, 2.05) is 0 Å². The molecule has 0 bridgehead atoms. The highest BCUT2D eigenvalue weighted by molar-refractivity contribution is 5.96. The van der Waals surface area contributed by atoms with Crippen molar-refractivity contribution in [1.82, 2.24) is 15.3 Å². The molecule has 1 amide bonds. The molecule has 0 aliphatic heterocycles. The van der Waals surface area contributed by atoms with E-state index in [1.54, 1.807) is 0 Å². The van der Waals surface area contributed by atoms with Crippen LogP contribution in [0.25, 0.3) is 0 Å². The first-order valence-corrected chi connectivity index (χ1v) is 6.39. The lowest BCUT2D eigenvalue weighted by molar-refractivity contribution is -0.138. The van der Waals surface area contributed by atoms with Crippen LogP contribution in [0.4, 0.5) is 19.0 Å². The number of aromatic nitrogens is 2. The minimum atomic E-state index is -4.42. The summed E-state index contributed by atoms with van der Waals surface area (Å²) in [6.07, 6.45) is -1.73. The van der Waals surface area contributed by atoms with Crippen LogP contribution in [0.5, 0.6) is 0 Å². The fraction of sp³-hybridized carbons (Fsp3) is 0.214. The number of nitrogens with one attached hydrogen (secondary N) is 1. The van der Waals surface area contributed by atoms with Gasteiger partial charge in [0.05, 0.1) is 5.56 Å². The van der Waals surface area contributed by atoms with Crippen molar-refractivity contribution in [3.63, 3.8) is 0 Å². The molecule has 0 radical (unpaired) electrons. The second kappa shape index (κ2) is 6.42. The van der Waals surface area contributed by atoms with Crippen LogP contribution in [0.1, 0.15) is 21.6 Å². The fourth-order valence-electron chi connectivity index (χ4n) is 1.93. The van der Waals surface area contributed by atoms with Gasteiger partial charge in [0.15, 0.2) is 11.5 Å². The summed E-state index contributed by atoms with van der Waals surface area (Å²) in [5.41, 5.74) is 4.86. The van der Waals surface area contributed by atoms with Gasteiger partial charge in [0, 0.05) is 18.9 Å². The van der Waals surface area contributed by atoms with Crippen molar-refractivity contribution in [1.29, 1.82) is 0 Å². The Bertz CT molecular complexity index is 673. The molecule has 0 aliphatic rings. The Kier molecular flexibility index (Phi) is 4.59. The molecule has 3 N–H and O–H groups in total. The Morgan fingerprint density at radius 2 is 1.86 bits per heavy atom. The van der Waals surface area contributed by atoms with Crippen LogP contribution in [-0.4, -0.2) is 22.4 Å². The molecule has 1 aromatic carbocycles. The zero-order valence-electron chi connectivity index (χ0n) is 11.4. The lowest BCUT2D eigenvalue weighted by atomic mass is 10.0. The molecule has 0 saturated carbocycles. The molecule has 0 fully saturated rings. The fourth-order valence-corrected chi connectivity index (χ4v) is 1.93. The van der Waals surface area contributed by atoms with Crippen LogP contribution in [0.3, 0.4) is 0 Å². The van der Waals surface area contributed by atoms with Gasteiger partial charge in [0.2, 0.25) is 0 Å². The average Bonchev–Trinajstić information content (AvgIpc) is 2.47. The molecule has 0 aliphatic carbocycles. The van der Waals surface area contributed by atoms with E-state index in [0.29, 0.717) is 0 Å². The van der Waals surface area contributed by atoms with Gasteiger partial charge in [-0.3, -0.25) is 4.79 Å². The lowest BCUT2D eigenvalue weighted by Crippen LogP contribution is -2.28. The molecule has 8 heteroatoms. The van der Waals surface area contributed by atoms with E-state index in [1.165, 1.54) is 30.6 Å². The molecule has 5 nitrogen and oxygen atoms in total. The molecule has 2 rings (SSSR count). The van der Waals surface area contributed by atoms with Crippen molar-refractivity contribution in [3.8, 4) is 0 Å². The SMILES string of the molecule is Nc1nccnc1C(=O)NCCc1ccccc1C(F)(F)F. The standard InChI is InChI=1S/C14H13F3N4O/c15-14(16,17)10-4-2-1-3-9(10)5-6-21-13(22)11-12(18)20-8-7-19-11/h1-4,7-8H,5-6H2,(H2,18,20)(H,21,22). The molecule has 0 spiro atoms. The molecule has 1 heterocycles. The summed E-state index contributed by atoms with van der Waals surface area (Å²) in [5.74, 6) is -0.606. The Morgan fingerprint density at radius 1 is 1.18 bits per heavy atom. The molecule has 2 aromatic rings. The second-order valence-corrected chi connectivity index (χ2v) is 4.45. The van der Waals surface area contributed by atoms with Gasteiger partial charge in [-0.2, -0.15) is 13.2 Å². The van der Waals surface area contributed by atoms with Crippen LogP contribution in [-0.2, 0) is 12.6 Å². The highest BCUT2D eigenvalue weighted by Gasteiger charge is 2.32. The van der Waals surface area contributed by atoms with Crippen molar-refractivity contribution >= 4 is 11.7 Å². The van der Waals surface area contributed by atoms with Gasteiger partial charge in [-0.15, -0.1) is 0 Å². The van der Waals surface area contributed by atoms with Crippen LogP contribution in [0.2, 0.25) is 0 Å². The maximum Gasteiger partial charge on any atom is 0.416 e. The minimum absolute atomic E-state index is 0.0297. The van der Waals surface area contributed by atoms with Crippen LogP contribution in [0.15, 0.2) is 36.7 Å². The molecule has 0 atom stereocenters. The number of nitrogen functional groups attached to an aromatic ring is 1. The first kappa shape index (κ1) is 15.7. The number of amides is 1. The van der Waals surface area contributed by atoms with Gasteiger partial charge in [-0.1, -0.05) is 18.2 Å². The first-order valence-electron chi connectivity index (χ1n) is 6.39. The number of hydrogen-bond acceptors (Lipinski definition) is 4. The summed E-state index contributed by atoms with van der Waals surface area (Å²) < 4.78 is 38.5. The summed E-state index contributed by atoms with van der Waals surface area (Å²) in [7, 11) is 0. The minimum Gasteiger partial charge on any atom is -0.382 e. The number of nitrogens with two attached hydrogens (primary N) is 1. The summed E-state index contributed by atoms with van der Waals surface area (Å²) in [6.45, 7) is 0.0297. The van der Waals surface area contributed by atoms with Crippen molar-refractivity contribution in [2.75, 3.05) is 12.3 Å². The second-order valence-electron chi connectivity index (χ2n) is 4.45. The maximum atomic E-state index is 12.8. The third-order valence-corrected chi connectivity index (χ3v) is 2.94. The van der Waals surface area contributed by atoms with Crippen LogP contribution >= 0.6 is 0 Å². The van der Waals surface area contributed by atoms with Crippen molar-refractivity contribution in [2.45, 2.75) is 12.6 Å². The third-order valence-electron chi connectivity index (χ3n) is 2.94. The van der Waals surface area contributed by atoms with Crippen molar-refractivity contribution in [2.24, 2.45) is 0 Å². The maximum absolute atomic E-state index is 12.8. The zero-order valence-corrected chi connectivity index (χ0v) is 11.4. The monoisotopic (exact) mass is 310 g/mol. The first-order chi connectivity index (χ1) is 10.4. The van der Waals surface area contributed by atoms with E-state index >= 15 is 0 Å². The molecule has 22 heavy (non-hydrogen) atoms. The summed E-state index contributed by atoms with van der Waals surface area (Å²) in [6, 6.07) is 5.24. The predicted octanol–water partition coefficient (Wildman–Crippen LogP) is 2.05. The van der Waals surface area contributed by atoms with Crippen LogP contribution in [0, 0.1) is 0 Å². The van der Waals surface area contributed by atoms with Gasteiger partial charge >= 0.3 is 6.18 Å². The third kappa shape index (κ3) is 3.72. The highest BCUT2D eigenvalue weighted by atomic mass is 19.4. The number of anilines is 1. The number of hydrogen-bond donors (Lipinski definition) is 2. The van der Waals surface area contributed by atoms with E-state index in [-0.39, 0.29) is 30.0 Å². The van der Waals surface area contributed by atoms with E-state index in [2.05, 4.69) is 15.3 Å². The number of benzene rings is 1. The molecular weight excluding hydrogens is 297 g/mol. The van der Waals surface area contributed by atoms with Gasteiger partial charge in [0.25, 0.3) is 5.91 Å². The normalized spacial score (nSPS) is 11.2. The Labute approximate surface area is 124 Å². The molecular formula is C14H13F3N4O. The zero-order chi connectivity index (χ0) is 16.2. The number of carbonyl (C=O) groups excluding carboxylic acids is 1. The smallest absolute Gasteiger partial charge is 0.382 e. The predicted molar refractivity (Wildman–Crippen MR) is 73.9 cm³/mol. The van der Waals surface area contributed by atoms with E-state index < -0.39 is 17.6 Å². The highest BCUT2D eigenvalue weighted by Crippen LogP contribution is 2.31. The van der Waals surface area contributed by atoms with E-state index in [4.69, 9.17) is 5.73 Å². The van der Waals surface area contributed by atoms with Gasteiger partial charge in [-0.05, 0) is 18.1 Å². The van der Waals surface area contributed by atoms with Crippen molar-refractivity contribution < 1.29 is 18.0 Å². The van der Waals surface area contributed by atoms with Gasteiger partial charge in [0.1, 0.15) is 0 Å². The van der Waals surface area contributed by atoms with Gasteiger partial charge in [-0.25, -0.2) is 9.97 Å².